The Morgan fingerprint density at radius 1 is 1.23 bits per heavy atom. The quantitative estimate of drug-likeness (QED) is 0.665. The number of hydrogen-bond donors (Lipinski definition) is 2. The third kappa shape index (κ3) is 6.33. The van der Waals surface area contributed by atoms with Gasteiger partial charge < -0.3 is 20.1 Å². The first-order chi connectivity index (χ1) is 12.5. The summed E-state index contributed by atoms with van der Waals surface area (Å²) in [5.74, 6) is 1.12. The fourth-order valence-corrected chi connectivity index (χ4v) is 3.09. The number of piperazine rings is 1. The Kier molecular flexibility index (Phi) is 7.90. The molecular weight excluding hydrogens is 332 g/mol. The van der Waals surface area contributed by atoms with Crippen molar-refractivity contribution in [2.45, 2.75) is 46.2 Å². The number of amides is 3. The summed E-state index contributed by atoms with van der Waals surface area (Å²) in [5, 5.41) is 5.89. The molecule has 1 aromatic rings. The minimum atomic E-state index is -0.0161. The molecule has 0 unspecified atom stereocenters. The molecule has 2 heterocycles. The molecular formula is C18H32N6O2. The Labute approximate surface area is 155 Å². The van der Waals surface area contributed by atoms with Gasteiger partial charge in [-0.15, -0.1) is 0 Å². The van der Waals surface area contributed by atoms with E-state index in [0.717, 1.165) is 38.3 Å². The number of aromatic nitrogens is 2. The molecule has 8 heteroatoms. The lowest BCUT2D eigenvalue weighted by Gasteiger charge is -2.34. The second-order valence-corrected chi connectivity index (χ2v) is 6.96. The standard InChI is InChI=1S/C18H32N6O2/c1-4-16-19-7-9-23(16)8-5-6-20-18(26)24-12-10-22(11-13-24)14-17(25)21-15(2)3/h7,9,15H,4-6,8,10-14H2,1-3H3,(H,20,26)(H,21,25). The Morgan fingerprint density at radius 2 is 1.96 bits per heavy atom. The van der Waals surface area contributed by atoms with Crippen molar-refractivity contribution >= 4 is 11.9 Å². The maximum absolute atomic E-state index is 12.3. The third-order valence-corrected chi connectivity index (χ3v) is 4.45. The SMILES string of the molecule is CCc1nccn1CCCNC(=O)N1CCN(CC(=O)NC(C)C)CC1. The number of aryl methyl sites for hydroxylation is 2. The van der Waals surface area contributed by atoms with Gasteiger partial charge in [0.2, 0.25) is 5.91 Å². The van der Waals surface area contributed by atoms with Crippen LogP contribution in [0.15, 0.2) is 12.4 Å². The maximum Gasteiger partial charge on any atom is 0.317 e. The van der Waals surface area contributed by atoms with Gasteiger partial charge in [0.05, 0.1) is 6.54 Å². The summed E-state index contributed by atoms with van der Waals surface area (Å²) in [7, 11) is 0. The zero-order chi connectivity index (χ0) is 18.9. The molecule has 1 saturated heterocycles. The number of imidazole rings is 1. The number of nitrogens with one attached hydrogen (secondary N) is 2. The summed E-state index contributed by atoms with van der Waals surface area (Å²) < 4.78 is 2.13. The Balaban J connectivity index is 1.61. The average molecular weight is 364 g/mol. The first-order valence-electron chi connectivity index (χ1n) is 9.54. The van der Waals surface area contributed by atoms with Crippen molar-refractivity contribution in [1.29, 1.82) is 0 Å². The van der Waals surface area contributed by atoms with Crippen LogP contribution in [-0.4, -0.2) is 76.6 Å². The molecule has 0 saturated carbocycles. The highest BCUT2D eigenvalue weighted by Crippen LogP contribution is 2.03. The fourth-order valence-electron chi connectivity index (χ4n) is 3.09. The van der Waals surface area contributed by atoms with Crippen LogP contribution in [-0.2, 0) is 17.8 Å². The monoisotopic (exact) mass is 364 g/mol. The highest BCUT2D eigenvalue weighted by molar-refractivity contribution is 5.78. The number of nitrogens with zero attached hydrogens (tertiary/aromatic N) is 4. The number of rotatable bonds is 8. The van der Waals surface area contributed by atoms with E-state index < -0.39 is 0 Å². The third-order valence-electron chi connectivity index (χ3n) is 4.45. The lowest BCUT2D eigenvalue weighted by Crippen LogP contribution is -2.53. The van der Waals surface area contributed by atoms with Crippen molar-refractivity contribution in [3.63, 3.8) is 0 Å². The highest BCUT2D eigenvalue weighted by atomic mass is 16.2. The normalized spacial score (nSPS) is 15.3. The lowest BCUT2D eigenvalue weighted by molar-refractivity contribution is -0.123. The van der Waals surface area contributed by atoms with Crippen molar-refractivity contribution in [2.24, 2.45) is 0 Å². The predicted molar refractivity (Wildman–Crippen MR) is 101 cm³/mol. The summed E-state index contributed by atoms with van der Waals surface area (Å²) in [5.41, 5.74) is 0. The summed E-state index contributed by atoms with van der Waals surface area (Å²) in [4.78, 5) is 32.3. The number of carbonyl (C=O) groups is 2. The zero-order valence-corrected chi connectivity index (χ0v) is 16.2. The van der Waals surface area contributed by atoms with Gasteiger partial charge in [-0.25, -0.2) is 9.78 Å². The molecule has 0 aliphatic carbocycles. The van der Waals surface area contributed by atoms with Crippen LogP contribution in [0.4, 0.5) is 4.79 Å². The Morgan fingerprint density at radius 3 is 2.62 bits per heavy atom. The van der Waals surface area contributed by atoms with Crippen LogP contribution >= 0.6 is 0 Å². The minimum absolute atomic E-state index is 0.0161. The topological polar surface area (TPSA) is 82.5 Å². The van der Waals surface area contributed by atoms with Crippen LogP contribution < -0.4 is 10.6 Å². The van der Waals surface area contributed by atoms with Gasteiger partial charge in [0.25, 0.3) is 0 Å². The molecule has 2 N–H and O–H groups in total. The van der Waals surface area contributed by atoms with Crippen LogP contribution in [0.5, 0.6) is 0 Å². The summed E-state index contributed by atoms with van der Waals surface area (Å²) in [6.45, 7) is 10.7. The molecule has 1 fully saturated rings. The largest absolute Gasteiger partial charge is 0.353 e. The summed E-state index contributed by atoms with van der Waals surface area (Å²) in [6.07, 6.45) is 5.59. The van der Waals surface area contributed by atoms with Crippen LogP contribution in [0.25, 0.3) is 0 Å². The van der Waals surface area contributed by atoms with Gasteiger partial charge in [-0.05, 0) is 20.3 Å². The smallest absolute Gasteiger partial charge is 0.317 e. The van der Waals surface area contributed by atoms with Gasteiger partial charge in [0.1, 0.15) is 5.82 Å². The maximum atomic E-state index is 12.3. The second kappa shape index (κ2) is 10.2. The average Bonchev–Trinajstić information content (AvgIpc) is 3.06. The number of carbonyl (C=O) groups excluding carboxylic acids is 2. The number of urea groups is 1. The fraction of sp³-hybridized carbons (Fsp3) is 0.722. The van der Waals surface area contributed by atoms with Crippen LogP contribution in [0.1, 0.15) is 33.0 Å². The predicted octanol–water partition coefficient (Wildman–Crippen LogP) is 0.687. The molecule has 0 spiro atoms. The Hall–Kier alpha value is -2.09. The molecule has 8 nitrogen and oxygen atoms in total. The van der Waals surface area contributed by atoms with Crippen molar-refractivity contribution < 1.29 is 9.59 Å². The first-order valence-corrected chi connectivity index (χ1v) is 9.54. The van der Waals surface area contributed by atoms with E-state index in [4.69, 9.17) is 0 Å². The van der Waals surface area contributed by atoms with E-state index in [-0.39, 0.29) is 18.0 Å². The second-order valence-electron chi connectivity index (χ2n) is 6.96. The molecule has 26 heavy (non-hydrogen) atoms. The van der Waals surface area contributed by atoms with Gasteiger partial charge in [0.15, 0.2) is 0 Å². The molecule has 3 amide bonds. The number of hydrogen-bond acceptors (Lipinski definition) is 4. The van der Waals surface area contributed by atoms with Crippen LogP contribution in [0.3, 0.4) is 0 Å². The molecule has 1 aliphatic heterocycles. The molecule has 1 aromatic heterocycles. The van der Waals surface area contributed by atoms with E-state index >= 15 is 0 Å². The molecule has 0 aromatic carbocycles. The summed E-state index contributed by atoms with van der Waals surface area (Å²) in [6, 6.07) is 0.142. The molecule has 1 aliphatic rings. The van der Waals surface area contributed by atoms with Gasteiger partial charge in [0, 0.05) is 64.1 Å². The zero-order valence-electron chi connectivity index (χ0n) is 16.2. The van der Waals surface area contributed by atoms with Crippen molar-refractivity contribution in [3.8, 4) is 0 Å². The van der Waals surface area contributed by atoms with Crippen molar-refractivity contribution in [1.82, 2.24) is 30.0 Å². The molecule has 2 rings (SSSR count). The Bertz CT molecular complexity index is 578. The van der Waals surface area contributed by atoms with E-state index in [1.807, 2.05) is 31.1 Å². The van der Waals surface area contributed by atoms with Crippen molar-refractivity contribution in [2.75, 3.05) is 39.3 Å². The lowest BCUT2D eigenvalue weighted by atomic mass is 10.3. The molecule has 146 valence electrons. The molecule has 0 atom stereocenters. The first kappa shape index (κ1) is 20.2. The van der Waals surface area contributed by atoms with E-state index in [1.54, 1.807) is 0 Å². The van der Waals surface area contributed by atoms with Gasteiger partial charge >= 0.3 is 6.03 Å². The van der Waals surface area contributed by atoms with E-state index in [9.17, 15) is 9.59 Å². The van der Waals surface area contributed by atoms with Crippen molar-refractivity contribution in [3.05, 3.63) is 18.2 Å². The van der Waals surface area contributed by atoms with Gasteiger partial charge in [-0.2, -0.15) is 0 Å². The molecule has 0 bridgehead atoms. The molecule has 0 radical (unpaired) electrons. The van der Waals surface area contributed by atoms with Gasteiger partial charge in [-0.3, -0.25) is 9.69 Å². The van der Waals surface area contributed by atoms with E-state index in [1.165, 1.54) is 0 Å². The minimum Gasteiger partial charge on any atom is -0.353 e. The van der Waals surface area contributed by atoms with Crippen LogP contribution in [0.2, 0.25) is 0 Å². The van der Waals surface area contributed by atoms with Crippen LogP contribution in [0, 0.1) is 0 Å². The van der Waals surface area contributed by atoms with E-state index in [0.29, 0.717) is 26.2 Å². The summed E-state index contributed by atoms with van der Waals surface area (Å²) >= 11 is 0. The van der Waals surface area contributed by atoms with E-state index in [2.05, 4.69) is 32.0 Å². The van der Waals surface area contributed by atoms with Gasteiger partial charge in [-0.1, -0.05) is 6.92 Å². The highest BCUT2D eigenvalue weighted by Gasteiger charge is 2.22.